The molecule has 1 aromatic heterocycles. The molecule has 2 heterocycles. The maximum atomic E-state index is 9.36. The molecule has 0 spiro atoms. The van der Waals surface area contributed by atoms with E-state index in [1.54, 1.807) is 11.3 Å². The molecule has 1 aliphatic heterocycles. The number of thiophene rings is 1. The quantitative estimate of drug-likeness (QED) is 0.904. The minimum absolute atomic E-state index is 0. The molecule has 0 aliphatic carbocycles. The number of fused-ring (bicyclic) bond motifs is 1. The summed E-state index contributed by atoms with van der Waals surface area (Å²) in [7, 11) is 0. The van der Waals surface area contributed by atoms with Crippen LogP contribution in [0.4, 0.5) is 5.69 Å². The number of anilines is 1. The van der Waals surface area contributed by atoms with Crippen LogP contribution in [0.5, 0.6) is 0 Å². The van der Waals surface area contributed by atoms with Gasteiger partial charge in [-0.1, -0.05) is 19.4 Å². The fraction of sp³-hybridized carbons (Fsp3) is 0.500. The number of hydrogen-bond acceptors (Lipinski definition) is 4. The highest BCUT2D eigenvalue weighted by atomic mass is 35.5. The van der Waals surface area contributed by atoms with Crippen LogP contribution in [0.15, 0.2) is 24.3 Å². The van der Waals surface area contributed by atoms with E-state index < -0.39 is 0 Å². The summed E-state index contributed by atoms with van der Waals surface area (Å²) in [6.45, 7) is 5.57. The number of nitrogens with one attached hydrogen (secondary N) is 1. The molecule has 1 atom stereocenters. The molecule has 21 heavy (non-hydrogen) atoms. The van der Waals surface area contributed by atoms with E-state index in [0.717, 1.165) is 24.5 Å². The van der Waals surface area contributed by atoms with Crippen LogP contribution in [0.2, 0.25) is 0 Å². The Morgan fingerprint density at radius 3 is 3.05 bits per heavy atom. The van der Waals surface area contributed by atoms with E-state index in [2.05, 4.69) is 41.4 Å². The summed E-state index contributed by atoms with van der Waals surface area (Å²) in [5.74, 6) is 0. The largest absolute Gasteiger partial charge is 0.391 e. The van der Waals surface area contributed by atoms with Crippen molar-refractivity contribution in [2.45, 2.75) is 32.4 Å². The molecule has 3 nitrogen and oxygen atoms in total. The lowest BCUT2D eigenvalue weighted by Crippen LogP contribution is -2.51. The fourth-order valence-electron chi connectivity index (χ4n) is 3.10. The van der Waals surface area contributed by atoms with Crippen LogP contribution in [0.3, 0.4) is 0 Å². The Morgan fingerprint density at radius 1 is 1.43 bits per heavy atom. The van der Waals surface area contributed by atoms with E-state index in [4.69, 9.17) is 0 Å². The van der Waals surface area contributed by atoms with Gasteiger partial charge in [-0.15, -0.1) is 23.7 Å². The first-order valence-corrected chi connectivity index (χ1v) is 8.24. The molecule has 0 radical (unpaired) electrons. The molecular weight excluding hydrogens is 304 g/mol. The summed E-state index contributed by atoms with van der Waals surface area (Å²) >= 11 is 1.70. The first-order chi connectivity index (χ1) is 9.83. The maximum Gasteiger partial charge on any atom is 0.0774 e. The van der Waals surface area contributed by atoms with E-state index in [-0.39, 0.29) is 19.0 Å². The molecule has 2 N–H and O–H groups in total. The third-order valence-corrected chi connectivity index (χ3v) is 5.11. The average Bonchev–Trinajstić information content (AvgIpc) is 2.91. The van der Waals surface area contributed by atoms with Crippen LogP contribution < -0.4 is 10.2 Å². The summed E-state index contributed by atoms with van der Waals surface area (Å²) < 4.78 is 1.28. The zero-order chi connectivity index (χ0) is 13.9. The molecule has 0 saturated carbocycles. The predicted molar refractivity (Wildman–Crippen MR) is 93.9 cm³/mol. The zero-order valence-corrected chi connectivity index (χ0v) is 14.0. The number of nitrogens with zero attached hydrogens (tertiary/aromatic N) is 1. The van der Waals surface area contributed by atoms with Crippen molar-refractivity contribution in [3.8, 4) is 0 Å². The fourth-order valence-corrected chi connectivity index (χ4v) is 4.04. The minimum Gasteiger partial charge on any atom is -0.391 e. The second kappa shape index (κ2) is 7.45. The molecule has 0 bridgehead atoms. The van der Waals surface area contributed by atoms with Crippen LogP contribution >= 0.6 is 23.7 Å². The summed E-state index contributed by atoms with van der Waals surface area (Å²) in [5.41, 5.74) is 1.33. The van der Waals surface area contributed by atoms with E-state index in [1.165, 1.54) is 28.6 Å². The second-order valence-corrected chi connectivity index (χ2v) is 6.57. The Hall–Kier alpha value is -0.810. The van der Waals surface area contributed by atoms with Gasteiger partial charge in [0.15, 0.2) is 0 Å². The van der Waals surface area contributed by atoms with Gasteiger partial charge in [-0.05, 0) is 24.6 Å². The Kier molecular flexibility index (Phi) is 5.88. The van der Waals surface area contributed by atoms with Crippen molar-refractivity contribution in [2.75, 3.05) is 24.5 Å². The van der Waals surface area contributed by atoms with Crippen LogP contribution in [0.25, 0.3) is 10.1 Å². The van der Waals surface area contributed by atoms with Crippen molar-refractivity contribution < 1.29 is 5.11 Å². The third kappa shape index (κ3) is 3.34. The molecule has 1 unspecified atom stereocenters. The zero-order valence-electron chi connectivity index (χ0n) is 12.3. The monoisotopic (exact) mass is 326 g/mol. The molecule has 2 aromatic rings. The third-order valence-electron chi connectivity index (χ3n) is 4.03. The molecule has 0 amide bonds. The highest BCUT2D eigenvalue weighted by Gasteiger charge is 2.23. The van der Waals surface area contributed by atoms with Crippen molar-refractivity contribution in [2.24, 2.45) is 0 Å². The number of aliphatic hydroxyl groups excluding tert-OH is 1. The van der Waals surface area contributed by atoms with Gasteiger partial charge in [0, 0.05) is 46.3 Å². The number of aliphatic hydroxyl groups is 1. The summed E-state index contributed by atoms with van der Waals surface area (Å²) in [5, 5.41) is 14.2. The number of halogens is 1. The molecule has 5 heteroatoms. The van der Waals surface area contributed by atoms with Gasteiger partial charge in [-0.2, -0.15) is 0 Å². The van der Waals surface area contributed by atoms with Crippen molar-refractivity contribution >= 4 is 39.5 Å². The second-order valence-electron chi connectivity index (χ2n) is 5.40. The average molecular weight is 327 g/mol. The molecule has 3 rings (SSSR count). The van der Waals surface area contributed by atoms with Gasteiger partial charge in [-0.25, -0.2) is 0 Å². The number of piperazine rings is 1. The van der Waals surface area contributed by atoms with Crippen LogP contribution in [0.1, 0.15) is 24.6 Å². The van der Waals surface area contributed by atoms with Gasteiger partial charge in [0.25, 0.3) is 0 Å². The Balaban J connectivity index is 0.00000161. The van der Waals surface area contributed by atoms with Crippen molar-refractivity contribution in [1.29, 1.82) is 0 Å². The van der Waals surface area contributed by atoms with E-state index >= 15 is 0 Å². The van der Waals surface area contributed by atoms with Gasteiger partial charge in [0.05, 0.1) is 6.61 Å². The SMILES string of the molecule is CCCC1CNCCN1c1cccc2sc(CO)cc12.Cl. The standard InChI is InChI=1S/C16H22N2OS.ClH/c1-2-4-12-10-17-7-8-18(12)15-5-3-6-16-14(15)9-13(11-19)20-16;/h3,5-6,9,12,17,19H,2,4,7-8,10-11H2,1H3;1H. The van der Waals surface area contributed by atoms with Crippen LogP contribution in [-0.4, -0.2) is 30.8 Å². The first kappa shape index (κ1) is 16.6. The predicted octanol–water partition coefficient (Wildman–Crippen LogP) is 3.39. The maximum absolute atomic E-state index is 9.36. The summed E-state index contributed by atoms with van der Waals surface area (Å²) in [6.07, 6.45) is 2.44. The lowest BCUT2D eigenvalue weighted by molar-refractivity contribution is 0.285. The summed E-state index contributed by atoms with van der Waals surface area (Å²) in [4.78, 5) is 3.60. The molecule has 1 saturated heterocycles. The Bertz CT molecular complexity index is 585. The van der Waals surface area contributed by atoms with E-state index in [9.17, 15) is 5.11 Å². The van der Waals surface area contributed by atoms with Gasteiger partial charge in [0.2, 0.25) is 0 Å². The summed E-state index contributed by atoms with van der Waals surface area (Å²) in [6, 6.07) is 9.25. The van der Waals surface area contributed by atoms with E-state index in [1.807, 2.05) is 0 Å². The minimum atomic E-state index is 0. The molecule has 1 aliphatic rings. The van der Waals surface area contributed by atoms with Crippen LogP contribution in [0, 0.1) is 0 Å². The van der Waals surface area contributed by atoms with Gasteiger partial charge in [0.1, 0.15) is 0 Å². The first-order valence-electron chi connectivity index (χ1n) is 7.43. The molecule has 1 fully saturated rings. The van der Waals surface area contributed by atoms with Crippen molar-refractivity contribution in [3.05, 3.63) is 29.1 Å². The number of benzene rings is 1. The smallest absolute Gasteiger partial charge is 0.0774 e. The van der Waals surface area contributed by atoms with Crippen LogP contribution in [-0.2, 0) is 6.61 Å². The lowest BCUT2D eigenvalue weighted by atomic mass is 10.1. The van der Waals surface area contributed by atoms with E-state index in [0.29, 0.717) is 6.04 Å². The molecular formula is C16H23ClN2OS. The number of hydrogen-bond donors (Lipinski definition) is 2. The highest BCUT2D eigenvalue weighted by molar-refractivity contribution is 7.19. The Labute approximate surface area is 136 Å². The highest BCUT2D eigenvalue weighted by Crippen LogP contribution is 2.35. The van der Waals surface area contributed by atoms with Gasteiger partial charge >= 0.3 is 0 Å². The van der Waals surface area contributed by atoms with Crippen molar-refractivity contribution in [3.63, 3.8) is 0 Å². The normalized spacial score (nSPS) is 18.8. The number of rotatable bonds is 4. The molecule has 1 aromatic carbocycles. The Morgan fingerprint density at radius 2 is 2.29 bits per heavy atom. The van der Waals surface area contributed by atoms with Gasteiger partial charge < -0.3 is 15.3 Å². The van der Waals surface area contributed by atoms with Gasteiger partial charge in [-0.3, -0.25) is 0 Å². The molecule has 116 valence electrons. The lowest BCUT2D eigenvalue weighted by Gasteiger charge is -2.38. The van der Waals surface area contributed by atoms with Crippen molar-refractivity contribution in [1.82, 2.24) is 5.32 Å². The topological polar surface area (TPSA) is 35.5 Å².